The molecule has 0 amide bonds. The summed E-state index contributed by atoms with van der Waals surface area (Å²) >= 11 is 0. The minimum atomic E-state index is -0.901. The number of nitrogens with zero attached hydrogens (tertiary/aromatic N) is 1. The minimum absolute atomic E-state index is 0.133. The van der Waals surface area contributed by atoms with Gasteiger partial charge in [0.25, 0.3) is 0 Å². The second-order valence-corrected chi connectivity index (χ2v) is 3.55. The van der Waals surface area contributed by atoms with Gasteiger partial charge in [0.15, 0.2) is 11.6 Å². The highest BCUT2D eigenvalue weighted by Crippen LogP contribution is 2.28. The van der Waals surface area contributed by atoms with Crippen LogP contribution in [0.4, 0.5) is 14.6 Å². The molecular weight excluding hydrogens is 210 g/mol. The Labute approximate surface area is 91.7 Å². The Morgan fingerprint density at radius 3 is 2.69 bits per heavy atom. The molecule has 0 saturated heterocycles. The Hall–Kier alpha value is -1.97. The van der Waals surface area contributed by atoms with Gasteiger partial charge in [-0.2, -0.15) is 0 Å². The van der Waals surface area contributed by atoms with E-state index in [1.165, 1.54) is 12.1 Å². The molecule has 0 spiro atoms. The van der Waals surface area contributed by atoms with Crippen molar-refractivity contribution in [3.05, 3.63) is 47.7 Å². The average molecular weight is 220 g/mol. The Morgan fingerprint density at radius 2 is 1.94 bits per heavy atom. The number of pyridine rings is 1. The number of hydrogen-bond donors (Lipinski definition) is 1. The van der Waals surface area contributed by atoms with E-state index in [9.17, 15) is 8.78 Å². The first-order chi connectivity index (χ1) is 7.59. The Kier molecular flexibility index (Phi) is 2.56. The van der Waals surface area contributed by atoms with Crippen molar-refractivity contribution in [1.29, 1.82) is 0 Å². The SMILES string of the molecule is Cc1cnc(N)c(-c2cccc(F)c2F)c1. The van der Waals surface area contributed by atoms with Gasteiger partial charge in [0.1, 0.15) is 5.82 Å². The van der Waals surface area contributed by atoms with E-state index >= 15 is 0 Å². The maximum Gasteiger partial charge on any atom is 0.166 e. The van der Waals surface area contributed by atoms with E-state index in [4.69, 9.17) is 5.73 Å². The maximum absolute atomic E-state index is 13.5. The zero-order valence-electron chi connectivity index (χ0n) is 8.67. The second kappa shape index (κ2) is 3.89. The molecule has 2 rings (SSSR count). The predicted molar refractivity (Wildman–Crippen MR) is 58.7 cm³/mol. The lowest BCUT2D eigenvalue weighted by Crippen LogP contribution is -1.97. The summed E-state index contributed by atoms with van der Waals surface area (Å²) in [7, 11) is 0. The van der Waals surface area contributed by atoms with E-state index in [1.807, 2.05) is 6.92 Å². The smallest absolute Gasteiger partial charge is 0.166 e. The van der Waals surface area contributed by atoms with Crippen LogP contribution in [0.3, 0.4) is 0 Å². The number of aromatic nitrogens is 1. The fourth-order valence-corrected chi connectivity index (χ4v) is 1.51. The van der Waals surface area contributed by atoms with Crippen LogP contribution in [0.15, 0.2) is 30.5 Å². The van der Waals surface area contributed by atoms with Crippen LogP contribution >= 0.6 is 0 Å². The summed E-state index contributed by atoms with van der Waals surface area (Å²) in [5.74, 6) is -1.60. The topological polar surface area (TPSA) is 38.9 Å². The second-order valence-electron chi connectivity index (χ2n) is 3.55. The molecule has 2 aromatic rings. The zero-order chi connectivity index (χ0) is 11.7. The normalized spacial score (nSPS) is 10.4. The lowest BCUT2D eigenvalue weighted by molar-refractivity contribution is 0.511. The van der Waals surface area contributed by atoms with E-state index in [2.05, 4.69) is 4.98 Å². The van der Waals surface area contributed by atoms with E-state index < -0.39 is 11.6 Å². The monoisotopic (exact) mass is 220 g/mol. The number of benzene rings is 1. The minimum Gasteiger partial charge on any atom is -0.383 e. The molecule has 0 bridgehead atoms. The van der Waals surface area contributed by atoms with Crippen molar-refractivity contribution in [3.63, 3.8) is 0 Å². The summed E-state index contributed by atoms with van der Waals surface area (Å²) in [4.78, 5) is 3.91. The highest BCUT2D eigenvalue weighted by Gasteiger charge is 2.12. The van der Waals surface area contributed by atoms with E-state index in [0.29, 0.717) is 5.56 Å². The van der Waals surface area contributed by atoms with Gasteiger partial charge in [0.05, 0.1) is 0 Å². The van der Waals surface area contributed by atoms with Gasteiger partial charge in [-0.25, -0.2) is 13.8 Å². The standard InChI is InChI=1S/C12H10F2N2/c1-7-5-9(12(15)16-6-7)8-3-2-4-10(13)11(8)14/h2-6H,1H3,(H2,15,16). The van der Waals surface area contributed by atoms with Crippen LogP contribution in [-0.2, 0) is 0 Å². The van der Waals surface area contributed by atoms with Gasteiger partial charge in [-0.15, -0.1) is 0 Å². The summed E-state index contributed by atoms with van der Waals surface area (Å²) in [6, 6.07) is 5.67. The van der Waals surface area contributed by atoms with E-state index in [0.717, 1.165) is 11.6 Å². The van der Waals surface area contributed by atoms with Gasteiger partial charge in [0.2, 0.25) is 0 Å². The molecule has 0 fully saturated rings. The fourth-order valence-electron chi connectivity index (χ4n) is 1.51. The van der Waals surface area contributed by atoms with Crippen molar-refractivity contribution in [2.24, 2.45) is 0 Å². The van der Waals surface area contributed by atoms with E-state index in [1.54, 1.807) is 12.3 Å². The van der Waals surface area contributed by atoms with Gasteiger partial charge >= 0.3 is 0 Å². The lowest BCUT2D eigenvalue weighted by Gasteiger charge is -2.07. The zero-order valence-corrected chi connectivity index (χ0v) is 8.67. The molecule has 0 aliphatic heterocycles. The molecule has 82 valence electrons. The molecule has 1 heterocycles. The molecule has 1 aromatic heterocycles. The molecule has 0 aliphatic carbocycles. The van der Waals surface area contributed by atoms with Gasteiger partial charge in [-0.3, -0.25) is 0 Å². The number of nitrogens with two attached hydrogens (primary N) is 1. The van der Waals surface area contributed by atoms with Crippen molar-refractivity contribution in [2.75, 3.05) is 5.73 Å². The van der Waals surface area contributed by atoms with Crippen LogP contribution in [0, 0.1) is 18.6 Å². The van der Waals surface area contributed by atoms with Crippen LogP contribution in [0.5, 0.6) is 0 Å². The maximum atomic E-state index is 13.5. The summed E-state index contributed by atoms with van der Waals surface area (Å²) in [5, 5.41) is 0. The average Bonchev–Trinajstić information content (AvgIpc) is 2.26. The molecule has 0 radical (unpaired) electrons. The lowest BCUT2D eigenvalue weighted by atomic mass is 10.0. The molecule has 0 atom stereocenters. The number of hydrogen-bond acceptors (Lipinski definition) is 2. The van der Waals surface area contributed by atoms with Crippen LogP contribution in [0.2, 0.25) is 0 Å². The van der Waals surface area contributed by atoms with Crippen LogP contribution in [-0.4, -0.2) is 4.98 Å². The number of rotatable bonds is 1. The van der Waals surface area contributed by atoms with Gasteiger partial charge in [-0.05, 0) is 24.6 Å². The van der Waals surface area contributed by atoms with Gasteiger partial charge in [-0.1, -0.05) is 12.1 Å². The molecular formula is C12H10F2N2. The van der Waals surface area contributed by atoms with Crippen molar-refractivity contribution in [2.45, 2.75) is 6.92 Å². The first kappa shape index (κ1) is 10.5. The molecule has 0 aliphatic rings. The van der Waals surface area contributed by atoms with Crippen molar-refractivity contribution >= 4 is 5.82 Å². The summed E-state index contributed by atoms with van der Waals surface area (Å²) < 4.78 is 26.6. The van der Waals surface area contributed by atoms with Crippen LogP contribution in [0.1, 0.15) is 5.56 Å². The van der Waals surface area contributed by atoms with Crippen molar-refractivity contribution < 1.29 is 8.78 Å². The predicted octanol–water partition coefficient (Wildman–Crippen LogP) is 2.92. The van der Waals surface area contributed by atoms with Crippen molar-refractivity contribution in [3.8, 4) is 11.1 Å². The number of halogens is 2. The Balaban J connectivity index is 2.67. The third-order valence-corrected chi connectivity index (χ3v) is 2.30. The summed E-state index contributed by atoms with van der Waals surface area (Å²) in [5.41, 5.74) is 7.03. The molecule has 1 aromatic carbocycles. The highest BCUT2D eigenvalue weighted by atomic mass is 19.2. The van der Waals surface area contributed by atoms with Crippen molar-refractivity contribution in [1.82, 2.24) is 4.98 Å². The molecule has 2 nitrogen and oxygen atoms in total. The largest absolute Gasteiger partial charge is 0.383 e. The number of anilines is 1. The molecule has 16 heavy (non-hydrogen) atoms. The molecule has 0 unspecified atom stereocenters. The van der Waals surface area contributed by atoms with Gasteiger partial charge in [0, 0.05) is 17.3 Å². The first-order valence-electron chi connectivity index (χ1n) is 4.76. The number of aryl methyl sites for hydroxylation is 1. The van der Waals surface area contributed by atoms with Crippen LogP contribution in [0.25, 0.3) is 11.1 Å². The molecule has 0 saturated carbocycles. The Bertz CT molecular complexity index is 539. The summed E-state index contributed by atoms with van der Waals surface area (Å²) in [6.45, 7) is 1.81. The first-order valence-corrected chi connectivity index (χ1v) is 4.76. The van der Waals surface area contributed by atoms with Gasteiger partial charge < -0.3 is 5.73 Å². The molecule has 2 N–H and O–H groups in total. The summed E-state index contributed by atoms with van der Waals surface area (Å²) in [6.07, 6.45) is 1.58. The third kappa shape index (κ3) is 1.74. The molecule has 4 heteroatoms. The fraction of sp³-hybridized carbons (Fsp3) is 0.0833. The number of nitrogen functional groups attached to an aromatic ring is 1. The highest BCUT2D eigenvalue weighted by molar-refractivity contribution is 5.74. The third-order valence-electron chi connectivity index (χ3n) is 2.30. The van der Waals surface area contributed by atoms with Crippen LogP contribution < -0.4 is 5.73 Å². The van der Waals surface area contributed by atoms with E-state index in [-0.39, 0.29) is 11.4 Å². The quantitative estimate of drug-likeness (QED) is 0.802. The Morgan fingerprint density at radius 1 is 1.19 bits per heavy atom.